The van der Waals surface area contributed by atoms with Crippen LogP contribution in [0.5, 0.6) is 0 Å². The van der Waals surface area contributed by atoms with Gasteiger partial charge < -0.3 is 15.4 Å². The lowest BCUT2D eigenvalue weighted by Gasteiger charge is -2.32. The van der Waals surface area contributed by atoms with Crippen LogP contribution in [0, 0.1) is 0 Å². The van der Waals surface area contributed by atoms with Gasteiger partial charge in [0.15, 0.2) is 0 Å². The third kappa shape index (κ3) is 5.77. The van der Waals surface area contributed by atoms with Crippen molar-refractivity contribution in [3.05, 3.63) is 22.4 Å². The highest BCUT2D eigenvalue weighted by atomic mass is 32.1. The quantitative estimate of drug-likeness (QED) is 0.750. The van der Waals surface area contributed by atoms with Crippen molar-refractivity contribution >= 4 is 17.2 Å². The lowest BCUT2D eigenvalue weighted by Crippen LogP contribution is -2.41. The maximum atomic E-state index is 12.2. The lowest BCUT2D eigenvalue weighted by atomic mass is 10.1. The van der Waals surface area contributed by atoms with E-state index in [1.165, 1.54) is 4.88 Å². The van der Waals surface area contributed by atoms with Gasteiger partial charge in [0, 0.05) is 31.0 Å². The molecule has 0 radical (unpaired) electrons. The van der Waals surface area contributed by atoms with Crippen LogP contribution in [0.15, 0.2) is 17.5 Å². The van der Waals surface area contributed by atoms with E-state index in [0.717, 1.165) is 51.8 Å². The van der Waals surface area contributed by atoms with Crippen LogP contribution in [0.25, 0.3) is 0 Å². The number of hydrogen-bond donors (Lipinski definition) is 1. The molecule has 0 bridgehead atoms. The molecule has 0 atom stereocenters. The minimum absolute atomic E-state index is 0.298. The number of hydrogen-bond acceptors (Lipinski definition) is 4. The minimum Gasteiger partial charge on any atom is -0.378 e. The Kier molecular flexibility index (Phi) is 7.19. The number of nitrogens with two attached hydrogens (primary N) is 1. The second-order valence-electron chi connectivity index (χ2n) is 5.53. The van der Waals surface area contributed by atoms with Crippen molar-refractivity contribution in [1.29, 1.82) is 0 Å². The topological polar surface area (TPSA) is 55.6 Å². The third-order valence-corrected chi connectivity index (χ3v) is 4.83. The van der Waals surface area contributed by atoms with Crippen LogP contribution < -0.4 is 5.73 Å². The molecule has 0 saturated carbocycles. The Balaban J connectivity index is 1.59. The molecule has 5 heteroatoms. The van der Waals surface area contributed by atoms with E-state index in [4.69, 9.17) is 10.5 Å². The smallest absolute Gasteiger partial charge is 0.222 e. The van der Waals surface area contributed by atoms with Gasteiger partial charge >= 0.3 is 0 Å². The molecule has 4 nitrogen and oxygen atoms in total. The molecule has 2 heterocycles. The molecule has 1 saturated heterocycles. The number of rotatable bonds is 8. The fourth-order valence-electron chi connectivity index (χ4n) is 2.63. The zero-order valence-corrected chi connectivity index (χ0v) is 13.4. The number of likely N-dealkylation sites (tertiary alicyclic amines) is 1. The first-order valence-electron chi connectivity index (χ1n) is 7.91. The first-order chi connectivity index (χ1) is 10.3. The standard InChI is InChI=1S/C16H26N2O2S/c17-9-3-12-20-14-7-10-18(11-8-14)16(19)6-1-4-15-5-2-13-21-15/h2,5,13-14H,1,3-4,6-12,17H2. The number of thiophene rings is 1. The van der Waals surface area contributed by atoms with Crippen LogP contribution in [0.1, 0.15) is 37.0 Å². The summed E-state index contributed by atoms with van der Waals surface area (Å²) in [5.74, 6) is 0.298. The Morgan fingerprint density at radius 3 is 2.86 bits per heavy atom. The summed E-state index contributed by atoms with van der Waals surface area (Å²) in [4.78, 5) is 15.5. The van der Waals surface area contributed by atoms with Crippen molar-refractivity contribution in [3.63, 3.8) is 0 Å². The van der Waals surface area contributed by atoms with E-state index in [1.54, 1.807) is 11.3 Å². The van der Waals surface area contributed by atoms with Crippen molar-refractivity contribution < 1.29 is 9.53 Å². The Morgan fingerprint density at radius 2 is 2.19 bits per heavy atom. The first kappa shape index (κ1) is 16.5. The summed E-state index contributed by atoms with van der Waals surface area (Å²) >= 11 is 1.77. The average Bonchev–Trinajstić information content (AvgIpc) is 3.01. The second-order valence-corrected chi connectivity index (χ2v) is 6.56. The molecule has 1 aromatic heterocycles. The maximum Gasteiger partial charge on any atom is 0.222 e. The number of nitrogens with zero attached hydrogens (tertiary/aromatic N) is 1. The SMILES string of the molecule is NCCCOC1CCN(C(=O)CCCc2cccs2)CC1. The number of ether oxygens (including phenoxy) is 1. The van der Waals surface area contributed by atoms with E-state index in [2.05, 4.69) is 17.5 Å². The van der Waals surface area contributed by atoms with Crippen molar-refractivity contribution in [2.75, 3.05) is 26.2 Å². The summed E-state index contributed by atoms with van der Waals surface area (Å²) < 4.78 is 5.76. The van der Waals surface area contributed by atoms with Crippen molar-refractivity contribution in [3.8, 4) is 0 Å². The van der Waals surface area contributed by atoms with E-state index < -0.39 is 0 Å². The highest BCUT2D eigenvalue weighted by Gasteiger charge is 2.22. The summed E-state index contributed by atoms with van der Waals surface area (Å²) in [6.45, 7) is 3.10. The molecule has 0 aromatic carbocycles. The summed E-state index contributed by atoms with van der Waals surface area (Å²) in [7, 11) is 0. The molecule has 1 amide bonds. The molecule has 1 aliphatic rings. The third-order valence-electron chi connectivity index (χ3n) is 3.89. The summed E-state index contributed by atoms with van der Waals surface area (Å²) in [5, 5.41) is 2.09. The van der Waals surface area contributed by atoms with Crippen LogP contribution in [0.2, 0.25) is 0 Å². The Bertz CT molecular complexity index is 400. The van der Waals surface area contributed by atoms with Crippen molar-refractivity contribution in [1.82, 2.24) is 4.90 Å². The molecule has 1 aliphatic heterocycles. The fourth-order valence-corrected chi connectivity index (χ4v) is 3.38. The van der Waals surface area contributed by atoms with Gasteiger partial charge in [-0.25, -0.2) is 0 Å². The summed E-state index contributed by atoms with van der Waals surface area (Å²) in [6, 6.07) is 4.20. The van der Waals surface area contributed by atoms with Gasteiger partial charge in [-0.3, -0.25) is 4.79 Å². The maximum absolute atomic E-state index is 12.2. The highest BCUT2D eigenvalue weighted by molar-refractivity contribution is 7.09. The molecule has 1 aromatic rings. The minimum atomic E-state index is 0.298. The predicted octanol–water partition coefficient (Wildman–Crippen LogP) is 2.43. The van der Waals surface area contributed by atoms with Crippen LogP contribution in [-0.2, 0) is 16.0 Å². The van der Waals surface area contributed by atoms with Crippen molar-refractivity contribution in [2.24, 2.45) is 5.73 Å². The first-order valence-corrected chi connectivity index (χ1v) is 8.79. The van der Waals surface area contributed by atoms with Crippen LogP contribution >= 0.6 is 11.3 Å². The van der Waals surface area contributed by atoms with E-state index in [1.807, 2.05) is 4.90 Å². The van der Waals surface area contributed by atoms with E-state index >= 15 is 0 Å². The number of carbonyl (C=O) groups excluding carboxylic acids is 1. The Morgan fingerprint density at radius 1 is 1.38 bits per heavy atom. The molecule has 0 unspecified atom stereocenters. The van der Waals surface area contributed by atoms with Crippen molar-refractivity contribution in [2.45, 2.75) is 44.6 Å². The van der Waals surface area contributed by atoms with Gasteiger partial charge in [0.2, 0.25) is 5.91 Å². The van der Waals surface area contributed by atoms with E-state index in [9.17, 15) is 4.79 Å². The van der Waals surface area contributed by atoms with Gasteiger partial charge in [0.25, 0.3) is 0 Å². The molecule has 2 N–H and O–H groups in total. The molecule has 1 fully saturated rings. The fraction of sp³-hybridized carbons (Fsp3) is 0.688. The Labute approximate surface area is 131 Å². The highest BCUT2D eigenvalue weighted by Crippen LogP contribution is 2.17. The van der Waals surface area contributed by atoms with E-state index in [-0.39, 0.29) is 0 Å². The van der Waals surface area contributed by atoms with Crippen LogP contribution in [0.3, 0.4) is 0 Å². The predicted molar refractivity (Wildman–Crippen MR) is 86.5 cm³/mol. The average molecular weight is 310 g/mol. The number of carbonyl (C=O) groups is 1. The monoisotopic (exact) mass is 310 g/mol. The molecule has 118 valence electrons. The molecule has 21 heavy (non-hydrogen) atoms. The Hall–Kier alpha value is -0.910. The zero-order chi connectivity index (χ0) is 14.9. The van der Waals surface area contributed by atoms with Gasteiger partial charge in [-0.05, 0) is 50.1 Å². The molecular formula is C16H26N2O2S. The lowest BCUT2D eigenvalue weighted by molar-refractivity contribution is -0.133. The van der Waals surface area contributed by atoms with Gasteiger partial charge in [-0.2, -0.15) is 0 Å². The largest absolute Gasteiger partial charge is 0.378 e. The molecule has 0 aliphatic carbocycles. The molecule has 2 rings (SSSR count). The second kappa shape index (κ2) is 9.18. The van der Waals surface area contributed by atoms with E-state index in [0.29, 0.717) is 25.0 Å². The number of aryl methyl sites for hydroxylation is 1. The van der Waals surface area contributed by atoms with Crippen LogP contribution in [0.4, 0.5) is 0 Å². The number of amides is 1. The molecule has 0 spiro atoms. The zero-order valence-electron chi connectivity index (χ0n) is 12.6. The van der Waals surface area contributed by atoms with Gasteiger partial charge in [0.1, 0.15) is 0 Å². The van der Waals surface area contributed by atoms with Gasteiger partial charge in [0.05, 0.1) is 6.10 Å². The normalized spacial score (nSPS) is 16.3. The summed E-state index contributed by atoms with van der Waals surface area (Å²) in [6.07, 6.45) is 5.78. The van der Waals surface area contributed by atoms with Crippen LogP contribution in [-0.4, -0.2) is 43.2 Å². The number of piperidine rings is 1. The molecular weight excluding hydrogens is 284 g/mol. The van der Waals surface area contributed by atoms with Gasteiger partial charge in [-0.15, -0.1) is 11.3 Å². The van der Waals surface area contributed by atoms with Gasteiger partial charge in [-0.1, -0.05) is 6.07 Å². The summed E-state index contributed by atoms with van der Waals surface area (Å²) in [5.41, 5.74) is 5.46.